The predicted molar refractivity (Wildman–Crippen MR) is 113 cm³/mol. The summed E-state index contributed by atoms with van der Waals surface area (Å²) >= 11 is 0. The second-order valence-corrected chi connectivity index (χ2v) is 7.37. The van der Waals surface area contributed by atoms with E-state index in [1.807, 2.05) is 67.6 Å². The van der Waals surface area contributed by atoms with E-state index in [4.69, 9.17) is 19.7 Å². The molecule has 2 aromatic carbocycles. The number of rotatable bonds is 13. The molecule has 0 spiro atoms. The summed E-state index contributed by atoms with van der Waals surface area (Å²) in [4.78, 5) is 0. The van der Waals surface area contributed by atoms with Crippen LogP contribution in [0.5, 0.6) is 0 Å². The zero-order valence-electron chi connectivity index (χ0n) is 17.3. The van der Waals surface area contributed by atoms with Crippen LogP contribution < -0.4 is 0 Å². The third-order valence-corrected chi connectivity index (χ3v) is 5.08. The molecule has 160 valence electrons. The summed E-state index contributed by atoms with van der Waals surface area (Å²) in [5.41, 5.74) is 2.14. The summed E-state index contributed by atoms with van der Waals surface area (Å²) in [6, 6.07) is 19.7. The second kappa shape index (κ2) is 12.0. The molecule has 0 radical (unpaired) electrons. The fourth-order valence-corrected chi connectivity index (χ4v) is 3.25. The number of quaternary nitrogens is 1. The van der Waals surface area contributed by atoms with Gasteiger partial charge < -0.3 is 29.5 Å². The van der Waals surface area contributed by atoms with Crippen molar-refractivity contribution in [1.82, 2.24) is 0 Å². The number of hydroxylamine groups is 3. The standard InChI is InChI=1S/C23H33NO5/c1-19(24(27,13-15-25)14-16-26)17-28-20(2)18-29-23(21-9-5-3-6-10-21)22-11-7-4-8-12-22/h3-12,19-20,23,25-26H,13-18H2,1-2H3. The van der Waals surface area contributed by atoms with E-state index in [1.165, 1.54) is 0 Å². The first kappa shape index (κ1) is 23.5. The zero-order chi connectivity index (χ0) is 21.1. The summed E-state index contributed by atoms with van der Waals surface area (Å²) in [6.07, 6.45) is -0.400. The van der Waals surface area contributed by atoms with Gasteiger partial charge in [-0.05, 0) is 25.0 Å². The first-order valence-corrected chi connectivity index (χ1v) is 10.1. The topological polar surface area (TPSA) is 82.0 Å². The normalized spacial score (nSPS) is 14.1. The molecule has 0 aliphatic rings. The van der Waals surface area contributed by atoms with Crippen molar-refractivity contribution in [2.75, 3.05) is 39.5 Å². The molecule has 2 aromatic rings. The molecular formula is C23H33NO5. The maximum Gasteiger partial charge on any atom is 0.110 e. The van der Waals surface area contributed by atoms with Crippen LogP contribution in [0.4, 0.5) is 0 Å². The summed E-state index contributed by atoms with van der Waals surface area (Å²) in [7, 11) is 0. The summed E-state index contributed by atoms with van der Waals surface area (Å²) in [5.74, 6) is 0. The van der Waals surface area contributed by atoms with Crippen LogP contribution in [-0.2, 0) is 9.47 Å². The highest BCUT2D eigenvalue weighted by atomic mass is 16.6. The molecule has 0 aliphatic carbocycles. The molecule has 0 bridgehead atoms. The van der Waals surface area contributed by atoms with E-state index < -0.39 is 10.7 Å². The summed E-state index contributed by atoms with van der Waals surface area (Å²) < 4.78 is 11.4. The molecule has 0 amide bonds. The number of hydrogen-bond donors (Lipinski definition) is 2. The van der Waals surface area contributed by atoms with Crippen LogP contribution in [0.15, 0.2) is 60.7 Å². The minimum atomic E-state index is -0.669. The molecule has 2 N–H and O–H groups in total. The van der Waals surface area contributed by atoms with E-state index in [0.717, 1.165) is 11.1 Å². The van der Waals surface area contributed by atoms with Crippen molar-refractivity contribution in [3.8, 4) is 0 Å². The highest BCUT2D eigenvalue weighted by molar-refractivity contribution is 5.29. The maximum absolute atomic E-state index is 12.8. The van der Waals surface area contributed by atoms with Crippen LogP contribution in [0.2, 0.25) is 0 Å². The number of hydrogen-bond acceptors (Lipinski definition) is 5. The average molecular weight is 404 g/mol. The van der Waals surface area contributed by atoms with Gasteiger partial charge in [-0.1, -0.05) is 60.7 Å². The Kier molecular flexibility index (Phi) is 9.73. The van der Waals surface area contributed by atoms with Crippen LogP contribution in [0.3, 0.4) is 0 Å². The van der Waals surface area contributed by atoms with Crippen molar-refractivity contribution in [1.29, 1.82) is 0 Å². The van der Waals surface area contributed by atoms with Gasteiger partial charge in [0.2, 0.25) is 0 Å². The highest BCUT2D eigenvalue weighted by Crippen LogP contribution is 2.26. The van der Waals surface area contributed by atoms with Gasteiger partial charge in [0.05, 0.1) is 32.5 Å². The zero-order valence-corrected chi connectivity index (χ0v) is 17.3. The second-order valence-electron chi connectivity index (χ2n) is 7.37. The lowest BCUT2D eigenvalue weighted by molar-refractivity contribution is -0.904. The van der Waals surface area contributed by atoms with E-state index in [2.05, 4.69) is 0 Å². The average Bonchev–Trinajstić information content (AvgIpc) is 2.74. The van der Waals surface area contributed by atoms with Crippen LogP contribution in [0, 0.1) is 5.21 Å². The quantitative estimate of drug-likeness (QED) is 0.397. The molecule has 0 fully saturated rings. The van der Waals surface area contributed by atoms with Gasteiger partial charge >= 0.3 is 0 Å². The Morgan fingerprint density at radius 1 is 0.793 bits per heavy atom. The van der Waals surface area contributed by atoms with Crippen molar-refractivity contribution in [3.05, 3.63) is 77.0 Å². The van der Waals surface area contributed by atoms with Crippen molar-refractivity contribution in [2.45, 2.75) is 32.1 Å². The van der Waals surface area contributed by atoms with Gasteiger partial charge in [0.15, 0.2) is 0 Å². The van der Waals surface area contributed by atoms with Gasteiger partial charge in [-0.25, -0.2) is 0 Å². The molecule has 2 unspecified atom stereocenters. The smallest absolute Gasteiger partial charge is 0.110 e. The van der Waals surface area contributed by atoms with Gasteiger partial charge in [-0.15, -0.1) is 0 Å². The van der Waals surface area contributed by atoms with Crippen LogP contribution in [-0.4, -0.2) is 66.5 Å². The van der Waals surface area contributed by atoms with Crippen LogP contribution in [0.25, 0.3) is 0 Å². The fourth-order valence-electron chi connectivity index (χ4n) is 3.25. The number of aliphatic hydroxyl groups excluding tert-OH is 2. The Balaban J connectivity index is 1.94. The molecule has 2 rings (SSSR count). The molecule has 2 atom stereocenters. The first-order chi connectivity index (χ1) is 14.0. The number of aliphatic hydroxyl groups is 2. The number of nitrogens with zero attached hydrogens (tertiary/aromatic N) is 1. The van der Waals surface area contributed by atoms with Gasteiger partial charge in [-0.2, -0.15) is 0 Å². The fraction of sp³-hybridized carbons (Fsp3) is 0.478. The minimum absolute atomic E-state index is 0.0417. The maximum atomic E-state index is 12.8. The lowest BCUT2D eigenvalue weighted by Crippen LogP contribution is -2.54. The monoisotopic (exact) mass is 403 g/mol. The lowest BCUT2D eigenvalue weighted by Gasteiger charge is -2.47. The van der Waals surface area contributed by atoms with E-state index in [0.29, 0.717) is 6.61 Å². The third-order valence-electron chi connectivity index (χ3n) is 5.08. The largest absolute Gasteiger partial charge is 0.632 e. The SMILES string of the molecule is CC(COC(c1ccccc1)c1ccccc1)OCC(C)[N+]([O-])(CCO)CCO. The van der Waals surface area contributed by atoms with E-state index in [-0.39, 0.29) is 45.1 Å². The van der Waals surface area contributed by atoms with Crippen molar-refractivity contribution in [3.63, 3.8) is 0 Å². The minimum Gasteiger partial charge on any atom is -0.632 e. The molecule has 6 nitrogen and oxygen atoms in total. The Morgan fingerprint density at radius 2 is 1.28 bits per heavy atom. The van der Waals surface area contributed by atoms with Crippen LogP contribution in [0.1, 0.15) is 31.1 Å². The Morgan fingerprint density at radius 3 is 1.72 bits per heavy atom. The molecule has 0 aromatic heterocycles. The van der Waals surface area contributed by atoms with Gasteiger partial charge in [0.25, 0.3) is 0 Å². The van der Waals surface area contributed by atoms with Crippen molar-refractivity contribution >= 4 is 0 Å². The Bertz CT molecular complexity index is 637. The first-order valence-electron chi connectivity index (χ1n) is 10.1. The Labute approximate surface area is 173 Å². The molecule has 0 aliphatic heterocycles. The molecular weight excluding hydrogens is 370 g/mol. The molecule has 0 saturated heterocycles. The summed E-state index contributed by atoms with van der Waals surface area (Å²) in [5, 5.41) is 31.1. The third kappa shape index (κ3) is 7.19. The van der Waals surface area contributed by atoms with E-state index >= 15 is 0 Å². The van der Waals surface area contributed by atoms with E-state index in [1.54, 1.807) is 6.92 Å². The highest BCUT2D eigenvalue weighted by Gasteiger charge is 2.25. The van der Waals surface area contributed by atoms with Gasteiger partial charge in [0, 0.05) is 0 Å². The number of ether oxygens (including phenoxy) is 2. The van der Waals surface area contributed by atoms with Gasteiger partial charge in [-0.3, -0.25) is 0 Å². The van der Waals surface area contributed by atoms with Crippen molar-refractivity contribution in [2.24, 2.45) is 0 Å². The lowest BCUT2D eigenvalue weighted by atomic mass is 10.0. The molecule has 29 heavy (non-hydrogen) atoms. The Hall–Kier alpha value is -1.80. The molecule has 0 saturated carbocycles. The molecule has 0 heterocycles. The summed E-state index contributed by atoms with van der Waals surface area (Å²) in [6.45, 7) is 3.94. The van der Waals surface area contributed by atoms with Gasteiger partial charge in [0.1, 0.15) is 25.2 Å². The van der Waals surface area contributed by atoms with Crippen molar-refractivity contribution < 1.29 is 24.3 Å². The molecule has 6 heteroatoms. The van der Waals surface area contributed by atoms with E-state index in [9.17, 15) is 5.21 Å². The predicted octanol–water partition coefficient (Wildman–Crippen LogP) is 2.89. The van der Waals surface area contributed by atoms with Crippen LogP contribution >= 0.6 is 0 Å². The number of benzene rings is 2.